The van der Waals surface area contributed by atoms with Crippen molar-refractivity contribution >= 4 is 33.3 Å². The zero-order valence-electron chi connectivity index (χ0n) is 22.6. The normalized spacial score (nSPS) is 12.1. The van der Waals surface area contributed by atoms with Crippen molar-refractivity contribution in [2.75, 3.05) is 18.4 Å². The summed E-state index contributed by atoms with van der Waals surface area (Å²) in [4.78, 5) is 13.4. The molecule has 0 bridgehead atoms. The third-order valence-electron chi connectivity index (χ3n) is 6.27. The van der Waals surface area contributed by atoms with E-state index >= 15 is 0 Å². The lowest BCUT2D eigenvalue weighted by atomic mass is 9.87. The highest BCUT2D eigenvalue weighted by Crippen LogP contribution is 2.27. The maximum atomic E-state index is 13.5. The molecule has 0 saturated heterocycles. The van der Waals surface area contributed by atoms with Crippen molar-refractivity contribution < 1.29 is 13.2 Å². The molecular formula is C30H33ClN4O3S. The van der Waals surface area contributed by atoms with Gasteiger partial charge in [-0.25, -0.2) is 13.1 Å². The van der Waals surface area contributed by atoms with Crippen LogP contribution in [0.25, 0.3) is 16.9 Å². The zero-order chi connectivity index (χ0) is 28.2. The SMILES string of the molecule is CCCN(CC(=O)Nc1cc(-c2ccccc2)nn1-c1ccc(Cl)cc1)S(=O)(=O)c1ccc(C(C)(C)C)cc1. The van der Waals surface area contributed by atoms with Gasteiger partial charge in [0.1, 0.15) is 5.82 Å². The fourth-order valence-corrected chi connectivity index (χ4v) is 5.77. The average molecular weight is 565 g/mol. The maximum Gasteiger partial charge on any atom is 0.243 e. The van der Waals surface area contributed by atoms with E-state index in [1.807, 2.05) is 49.4 Å². The number of halogens is 1. The number of carbonyl (C=O) groups is 1. The molecule has 0 atom stereocenters. The Morgan fingerprint density at radius 3 is 2.21 bits per heavy atom. The molecule has 0 fully saturated rings. The fourth-order valence-electron chi connectivity index (χ4n) is 4.15. The molecule has 1 aromatic heterocycles. The quantitative estimate of drug-likeness (QED) is 0.250. The van der Waals surface area contributed by atoms with E-state index in [9.17, 15) is 13.2 Å². The van der Waals surface area contributed by atoms with Crippen LogP contribution in [0, 0.1) is 0 Å². The molecule has 0 saturated carbocycles. The van der Waals surface area contributed by atoms with Crippen molar-refractivity contribution in [3.8, 4) is 16.9 Å². The molecule has 1 heterocycles. The van der Waals surface area contributed by atoms with Crippen LogP contribution < -0.4 is 5.32 Å². The van der Waals surface area contributed by atoms with Gasteiger partial charge in [0.05, 0.1) is 22.8 Å². The summed E-state index contributed by atoms with van der Waals surface area (Å²) in [5.74, 6) is -0.0439. The predicted molar refractivity (Wildman–Crippen MR) is 157 cm³/mol. The summed E-state index contributed by atoms with van der Waals surface area (Å²) in [5, 5.41) is 8.16. The van der Waals surface area contributed by atoms with E-state index < -0.39 is 15.9 Å². The molecule has 0 aliphatic heterocycles. The van der Waals surface area contributed by atoms with E-state index in [1.54, 1.807) is 47.1 Å². The first-order valence-electron chi connectivity index (χ1n) is 12.8. The number of sulfonamides is 1. The summed E-state index contributed by atoms with van der Waals surface area (Å²) in [6.07, 6.45) is 0.563. The topological polar surface area (TPSA) is 84.3 Å². The fraction of sp³-hybridized carbons (Fsp3) is 0.267. The summed E-state index contributed by atoms with van der Waals surface area (Å²) in [7, 11) is -3.88. The van der Waals surface area contributed by atoms with Crippen molar-refractivity contribution in [3.63, 3.8) is 0 Å². The van der Waals surface area contributed by atoms with Gasteiger partial charge in [-0.1, -0.05) is 81.8 Å². The molecular weight excluding hydrogens is 532 g/mol. The molecule has 0 aliphatic carbocycles. The Hall–Kier alpha value is -3.46. The lowest BCUT2D eigenvalue weighted by molar-refractivity contribution is -0.116. The Kier molecular flexibility index (Phi) is 8.59. The summed E-state index contributed by atoms with van der Waals surface area (Å²) >= 11 is 6.07. The largest absolute Gasteiger partial charge is 0.309 e. The standard InChI is InChI=1S/C30H33ClN4O3S/c1-5-19-34(39(37,38)26-17-11-23(12-18-26)30(2,3)4)21-29(36)32-28-20-27(22-9-7-6-8-10-22)33-35(28)25-15-13-24(31)14-16-25/h6-18,20H,5,19,21H2,1-4H3,(H,32,36). The van der Waals surface area contributed by atoms with Gasteiger partial charge in [0, 0.05) is 23.2 Å². The Morgan fingerprint density at radius 2 is 1.62 bits per heavy atom. The molecule has 1 N–H and O–H groups in total. The van der Waals surface area contributed by atoms with Crippen LogP contribution in [0.5, 0.6) is 0 Å². The molecule has 4 aromatic rings. The number of carbonyl (C=O) groups excluding carboxylic acids is 1. The molecule has 0 unspecified atom stereocenters. The van der Waals surface area contributed by atoms with Gasteiger partial charge >= 0.3 is 0 Å². The van der Waals surface area contributed by atoms with Crippen LogP contribution in [0.4, 0.5) is 5.82 Å². The van der Waals surface area contributed by atoms with Gasteiger partial charge in [0.25, 0.3) is 0 Å². The van der Waals surface area contributed by atoms with Crippen LogP contribution in [0.3, 0.4) is 0 Å². The number of benzene rings is 3. The molecule has 0 radical (unpaired) electrons. The predicted octanol–water partition coefficient (Wildman–Crippen LogP) is 6.53. The minimum Gasteiger partial charge on any atom is -0.309 e. The molecule has 7 nitrogen and oxygen atoms in total. The second-order valence-corrected chi connectivity index (χ2v) is 12.7. The van der Waals surface area contributed by atoms with Crippen LogP contribution in [0.2, 0.25) is 5.02 Å². The summed E-state index contributed by atoms with van der Waals surface area (Å²) in [6.45, 7) is 7.98. The molecule has 0 spiro atoms. The third-order valence-corrected chi connectivity index (χ3v) is 8.38. The van der Waals surface area contributed by atoms with Crippen LogP contribution in [-0.4, -0.2) is 41.5 Å². The maximum absolute atomic E-state index is 13.5. The van der Waals surface area contributed by atoms with E-state index in [-0.39, 0.29) is 23.4 Å². The second-order valence-electron chi connectivity index (χ2n) is 10.3. The van der Waals surface area contributed by atoms with Gasteiger partial charge in [0.15, 0.2) is 0 Å². The second kappa shape index (κ2) is 11.7. The van der Waals surface area contributed by atoms with E-state index in [4.69, 9.17) is 16.7 Å². The van der Waals surface area contributed by atoms with Crippen molar-refractivity contribution in [2.24, 2.45) is 0 Å². The monoisotopic (exact) mass is 564 g/mol. The number of hydrogen-bond acceptors (Lipinski definition) is 4. The lowest BCUT2D eigenvalue weighted by Gasteiger charge is -2.23. The highest BCUT2D eigenvalue weighted by molar-refractivity contribution is 7.89. The van der Waals surface area contributed by atoms with Gasteiger partial charge in [-0.2, -0.15) is 9.40 Å². The van der Waals surface area contributed by atoms with E-state index in [0.29, 0.717) is 28.6 Å². The Labute approximate surface area is 235 Å². The van der Waals surface area contributed by atoms with Crippen LogP contribution in [0.15, 0.2) is 89.8 Å². The number of anilines is 1. The van der Waals surface area contributed by atoms with Gasteiger partial charge in [-0.05, 0) is 53.8 Å². The van der Waals surface area contributed by atoms with Crippen LogP contribution in [0.1, 0.15) is 39.7 Å². The first-order chi connectivity index (χ1) is 18.5. The number of aromatic nitrogens is 2. The first-order valence-corrected chi connectivity index (χ1v) is 14.6. The minimum atomic E-state index is -3.88. The molecule has 4 rings (SSSR count). The zero-order valence-corrected chi connectivity index (χ0v) is 24.1. The van der Waals surface area contributed by atoms with E-state index in [0.717, 1.165) is 11.1 Å². The number of nitrogens with zero attached hydrogens (tertiary/aromatic N) is 3. The molecule has 9 heteroatoms. The van der Waals surface area contributed by atoms with Gasteiger partial charge in [0.2, 0.25) is 15.9 Å². The van der Waals surface area contributed by atoms with Crippen molar-refractivity contribution in [2.45, 2.75) is 44.4 Å². The first kappa shape index (κ1) is 28.5. The third kappa shape index (κ3) is 6.76. The molecule has 3 aromatic carbocycles. The minimum absolute atomic E-state index is 0.100. The van der Waals surface area contributed by atoms with Crippen molar-refractivity contribution in [1.29, 1.82) is 0 Å². The molecule has 0 aliphatic rings. The number of rotatable bonds is 9. The lowest BCUT2D eigenvalue weighted by Crippen LogP contribution is -2.38. The van der Waals surface area contributed by atoms with Crippen LogP contribution in [-0.2, 0) is 20.2 Å². The molecule has 204 valence electrons. The Bertz CT molecular complexity index is 1530. The van der Waals surface area contributed by atoms with E-state index in [1.165, 1.54) is 4.31 Å². The number of hydrogen-bond donors (Lipinski definition) is 1. The summed E-state index contributed by atoms with van der Waals surface area (Å²) < 4.78 is 29.8. The molecule has 1 amide bonds. The van der Waals surface area contributed by atoms with Gasteiger partial charge < -0.3 is 5.32 Å². The Morgan fingerprint density at radius 1 is 0.974 bits per heavy atom. The summed E-state index contributed by atoms with van der Waals surface area (Å²) in [5.41, 5.74) is 3.18. The number of nitrogens with one attached hydrogen (secondary N) is 1. The Balaban J connectivity index is 1.61. The van der Waals surface area contributed by atoms with Gasteiger partial charge in [-0.15, -0.1) is 0 Å². The van der Waals surface area contributed by atoms with Crippen LogP contribution >= 0.6 is 11.6 Å². The average Bonchev–Trinajstić information content (AvgIpc) is 3.32. The summed E-state index contributed by atoms with van der Waals surface area (Å²) in [6, 6.07) is 25.3. The number of amides is 1. The van der Waals surface area contributed by atoms with Crippen molar-refractivity contribution in [1.82, 2.24) is 14.1 Å². The smallest absolute Gasteiger partial charge is 0.243 e. The van der Waals surface area contributed by atoms with Crippen molar-refractivity contribution in [3.05, 3.63) is 95.5 Å². The highest BCUT2D eigenvalue weighted by Gasteiger charge is 2.27. The van der Waals surface area contributed by atoms with E-state index in [2.05, 4.69) is 26.1 Å². The molecule has 39 heavy (non-hydrogen) atoms. The highest BCUT2D eigenvalue weighted by atomic mass is 35.5. The van der Waals surface area contributed by atoms with Gasteiger partial charge in [-0.3, -0.25) is 4.79 Å².